The number of carboxylic acids is 1. The van der Waals surface area contributed by atoms with E-state index in [0.717, 1.165) is 12.5 Å². The van der Waals surface area contributed by atoms with Crippen LogP contribution in [0.3, 0.4) is 0 Å². The van der Waals surface area contributed by atoms with E-state index in [1.165, 1.54) is 12.1 Å². The van der Waals surface area contributed by atoms with E-state index in [2.05, 4.69) is 4.18 Å². The SMILES string of the molecule is Cc1ccc(S(=O)(=O)OC(C(=O)O)C(C)O)cc1. The summed E-state index contributed by atoms with van der Waals surface area (Å²) in [4.78, 5) is 10.6. The maximum atomic E-state index is 11.8. The number of aliphatic hydroxyl groups is 1. The first-order chi connectivity index (χ1) is 8.24. The fourth-order valence-electron chi connectivity index (χ4n) is 1.22. The quantitative estimate of drug-likeness (QED) is 0.760. The third kappa shape index (κ3) is 3.52. The molecule has 0 bridgehead atoms. The van der Waals surface area contributed by atoms with Gasteiger partial charge in [-0.2, -0.15) is 8.42 Å². The minimum Gasteiger partial charge on any atom is -0.479 e. The second-order valence-corrected chi connectivity index (χ2v) is 5.43. The summed E-state index contributed by atoms with van der Waals surface area (Å²) in [7, 11) is -4.21. The third-order valence-electron chi connectivity index (χ3n) is 2.22. The number of hydrogen-bond acceptors (Lipinski definition) is 5. The van der Waals surface area contributed by atoms with Gasteiger partial charge in [0.05, 0.1) is 11.0 Å². The summed E-state index contributed by atoms with van der Waals surface area (Å²) >= 11 is 0. The van der Waals surface area contributed by atoms with E-state index in [1.807, 2.05) is 0 Å². The zero-order valence-corrected chi connectivity index (χ0v) is 10.7. The molecule has 2 N–H and O–H groups in total. The Morgan fingerprint density at radius 1 is 1.28 bits per heavy atom. The van der Waals surface area contributed by atoms with Crippen LogP contribution in [0.25, 0.3) is 0 Å². The largest absolute Gasteiger partial charge is 0.479 e. The van der Waals surface area contributed by atoms with Crippen LogP contribution in [0.2, 0.25) is 0 Å². The molecule has 6 nitrogen and oxygen atoms in total. The monoisotopic (exact) mass is 274 g/mol. The average Bonchev–Trinajstić information content (AvgIpc) is 2.26. The van der Waals surface area contributed by atoms with Crippen molar-refractivity contribution in [2.75, 3.05) is 0 Å². The molecule has 0 radical (unpaired) electrons. The lowest BCUT2D eigenvalue weighted by atomic mass is 10.2. The van der Waals surface area contributed by atoms with Crippen LogP contribution >= 0.6 is 0 Å². The van der Waals surface area contributed by atoms with E-state index in [0.29, 0.717) is 0 Å². The van der Waals surface area contributed by atoms with Crippen LogP contribution in [0.5, 0.6) is 0 Å². The lowest BCUT2D eigenvalue weighted by Crippen LogP contribution is -2.36. The molecule has 0 amide bonds. The molecule has 7 heteroatoms. The molecule has 0 aliphatic rings. The van der Waals surface area contributed by atoms with Crippen LogP contribution < -0.4 is 0 Å². The number of carbonyl (C=O) groups is 1. The molecular weight excluding hydrogens is 260 g/mol. The van der Waals surface area contributed by atoms with Crippen LogP contribution in [0.4, 0.5) is 0 Å². The highest BCUT2D eigenvalue weighted by molar-refractivity contribution is 7.86. The molecule has 100 valence electrons. The minimum atomic E-state index is -4.21. The maximum absolute atomic E-state index is 11.8. The first-order valence-corrected chi connectivity index (χ1v) is 6.55. The fourth-order valence-corrected chi connectivity index (χ4v) is 2.32. The Hall–Kier alpha value is -1.44. The van der Waals surface area contributed by atoms with Crippen molar-refractivity contribution in [2.24, 2.45) is 0 Å². The lowest BCUT2D eigenvalue weighted by Gasteiger charge is -2.15. The van der Waals surface area contributed by atoms with Gasteiger partial charge in [0.15, 0.2) is 6.10 Å². The van der Waals surface area contributed by atoms with Crippen molar-refractivity contribution < 1.29 is 27.6 Å². The lowest BCUT2D eigenvalue weighted by molar-refractivity contribution is -0.149. The van der Waals surface area contributed by atoms with Crippen molar-refractivity contribution in [1.82, 2.24) is 0 Å². The van der Waals surface area contributed by atoms with E-state index in [1.54, 1.807) is 19.1 Å². The molecule has 2 unspecified atom stereocenters. The van der Waals surface area contributed by atoms with Gasteiger partial charge in [-0.25, -0.2) is 8.98 Å². The Morgan fingerprint density at radius 3 is 2.17 bits per heavy atom. The van der Waals surface area contributed by atoms with Crippen LogP contribution in [-0.4, -0.2) is 36.8 Å². The summed E-state index contributed by atoms with van der Waals surface area (Å²) < 4.78 is 28.0. The Labute approximate surface area is 105 Å². The molecule has 2 atom stereocenters. The van der Waals surface area contributed by atoms with Gasteiger partial charge in [0.25, 0.3) is 10.1 Å². The highest BCUT2D eigenvalue weighted by Crippen LogP contribution is 2.16. The molecule has 1 aromatic rings. The van der Waals surface area contributed by atoms with Crippen LogP contribution in [0.1, 0.15) is 12.5 Å². The topological polar surface area (TPSA) is 101 Å². The van der Waals surface area contributed by atoms with Gasteiger partial charge in [0.2, 0.25) is 0 Å². The number of hydrogen-bond donors (Lipinski definition) is 2. The highest BCUT2D eigenvalue weighted by atomic mass is 32.2. The van der Waals surface area contributed by atoms with Crippen LogP contribution in [0.15, 0.2) is 29.2 Å². The summed E-state index contributed by atoms with van der Waals surface area (Å²) in [5.41, 5.74) is 0.860. The van der Waals surface area contributed by atoms with E-state index in [9.17, 15) is 13.2 Å². The molecule has 1 rings (SSSR count). The van der Waals surface area contributed by atoms with Gasteiger partial charge in [-0.1, -0.05) is 17.7 Å². The summed E-state index contributed by atoms with van der Waals surface area (Å²) in [6.45, 7) is 2.93. The summed E-state index contributed by atoms with van der Waals surface area (Å²) in [5, 5.41) is 17.9. The zero-order chi connectivity index (χ0) is 13.9. The molecule has 18 heavy (non-hydrogen) atoms. The van der Waals surface area contributed by atoms with E-state index >= 15 is 0 Å². The minimum absolute atomic E-state index is 0.153. The number of rotatable bonds is 5. The fraction of sp³-hybridized carbons (Fsp3) is 0.364. The number of aliphatic carboxylic acids is 1. The highest BCUT2D eigenvalue weighted by Gasteiger charge is 2.31. The van der Waals surface area contributed by atoms with E-state index < -0.39 is 28.3 Å². The zero-order valence-electron chi connectivity index (χ0n) is 9.90. The van der Waals surface area contributed by atoms with Crippen LogP contribution in [-0.2, 0) is 19.1 Å². The molecule has 0 saturated carbocycles. The Balaban J connectivity index is 3.01. The van der Waals surface area contributed by atoms with Crippen molar-refractivity contribution >= 4 is 16.1 Å². The molecular formula is C11H14O6S. The van der Waals surface area contributed by atoms with Crippen LogP contribution in [0, 0.1) is 6.92 Å². The number of benzene rings is 1. The van der Waals surface area contributed by atoms with Gasteiger partial charge < -0.3 is 10.2 Å². The molecule has 0 aliphatic carbocycles. The molecule has 0 aliphatic heterocycles. The first kappa shape index (κ1) is 14.6. The standard InChI is InChI=1S/C11H14O6S/c1-7-3-5-9(6-4-7)18(15,16)17-10(8(2)12)11(13)14/h3-6,8,10,12H,1-2H3,(H,13,14). The van der Waals surface area contributed by atoms with Crippen molar-refractivity contribution in [3.63, 3.8) is 0 Å². The van der Waals surface area contributed by atoms with Gasteiger partial charge in [0.1, 0.15) is 0 Å². The van der Waals surface area contributed by atoms with Gasteiger partial charge in [0, 0.05) is 0 Å². The predicted octanol–water partition coefficient (Wildman–Crippen LogP) is 0.534. The smallest absolute Gasteiger partial charge is 0.337 e. The molecule has 0 fully saturated rings. The average molecular weight is 274 g/mol. The first-order valence-electron chi connectivity index (χ1n) is 5.15. The normalized spacial score (nSPS) is 15.1. The second-order valence-electron chi connectivity index (χ2n) is 3.86. The molecule has 0 heterocycles. The Kier molecular flexibility index (Phi) is 4.44. The summed E-state index contributed by atoms with van der Waals surface area (Å²) in [6, 6.07) is 5.75. The van der Waals surface area contributed by atoms with Gasteiger partial charge in [-0.15, -0.1) is 0 Å². The molecule has 0 aromatic heterocycles. The predicted molar refractivity (Wildman–Crippen MR) is 62.6 cm³/mol. The molecule has 0 spiro atoms. The van der Waals surface area contributed by atoms with E-state index in [-0.39, 0.29) is 4.90 Å². The van der Waals surface area contributed by atoms with Crippen molar-refractivity contribution in [3.8, 4) is 0 Å². The number of carboxylic acid groups (broad SMARTS) is 1. The van der Waals surface area contributed by atoms with Crippen molar-refractivity contribution in [1.29, 1.82) is 0 Å². The molecule has 1 aromatic carbocycles. The maximum Gasteiger partial charge on any atom is 0.337 e. The third-order valence-corrected chi connectivity index (χ3v) is 3.53. The van der Waals surface area contributed by atoms with Gasteiger partial charge in [-0.3, -0.25) is 0 Å². The Bertz CT molecular complexity index is 517. The van der Waals surface area contributed by atoms with Gasteiger partial charge in [-0.05, 0) is 26.0 Å². The number of aryl methyl sites for hydroxylation is 1. The van der Waals surface area contributed by atoms with Crippen molar-refractivity contribution in [3.05, 3.63) is 29.8 Å². The molecule has 0 saturated heterocycles. The Morgan fingerprint density at radius 2 is 1.78 bits per heavy atom. The summed E-state index contributed by atoms with van der Waals surface area (Å²) in [5.74, 6) is -1.54. The van der Waals surface area contributed by atoms with Crippen molar-refractivity contribution in [2.45, 2.75) is 31.0 Å². The number of aliphatic hydroxyl groups excluding tert-OH is 1. The van der Waals surface area contributed by atoms with Gasteiger partial charge >= 0.3 is 5.97 Å². The summed E-state index contributed by atoms with van der Waals surface area (Å²) in [6.07, 6.45) is -3.26. The second kappa shape index (κ2) is 5.47. The van der Waals surface area contributed by atoms with E-state index in [4.69, 9.17) is 10.2 Å².